The predicted molar refractivity (Wildman–Crippen MR) is 99.3 cm³/mol. The number of amides is 2. The van der Waals surface area contributed by atoms with Gasteiger partial charge in [0.15, 0.2) is 0 Å². The summed E-state index contributed by atoms with van der Waals surface area (Å²) in [5.41, 5.74) is 8.00. The molecule has 0 bridgehead atoms. The summed E-state index contributed by atoms with van der Waals surface area (Å²) in [4.78, 5) is 36.0. The zero-order valence-corrected chi connectivity index (χ0v) is 14.5. The number of benzene rings is 2. The van der Waals surface area contributed by atoms with Gasteiger partial charge in [-0.05, 0) is 42.0 Å². The van der Waals surface area contributed by atoms with Crippen molar-refractivity contribution >= 4 is 17.6 Å². The first-order valence-electron chi connectivity index (χ1n) is 8.82. The van der Waals surface area contributed by atoms with Crippen molar-refractivity contribution in [1.82, 2.24) is 5.32 Å². The Morgan fingerprint density at radius 3 is 2.27 bits per heavy atom. The zero-order chi connectivity index (χ0) is 18.5. The summed E-state index contributed by atoms with van der Waals surface area (Å²) in [5.74, 6) is -1.05. The van der Waals surface area contributed by atoms with Crippen molar-refractivity contribution < 1.29 is 14.4 Å². The van der Waals surface area contributed by atoms with Gasteiger partial charge in [0.1, 0.15) is 11.8 Å². The second-order valence-corrected chi connectivity index (χ2v) is 6.69. The number of nitrogens with two attached hydrogens (primary N) is 1. The normalized spacial score (nSPS) is 18.2. The second kappa shape index (κ2) is 7.95. The third-order valence-corrected chi connectivity index (χ3v) is 4.84. The number of carbonyl (C=O) groups excluding carboxylic acids is 3. The number of nitrogens with one attached hydrogen (secondary N) is 1. The van der Waals surface area contributed by atoms with Crippen molar-refractivity contribution in [2.24, 2.45) is 11.7 Å². The van der Waals surface area contributed by atoms with E-state index in [9.17, 15) is 14.4 Å². The van der Waals surface area contributed by atoms with Crippen LogP contribution in [0.5, 0.6) is 0 Å². The molecule has 0 heterocycles. The van der Waals surface area contributed by atoms with E-state index < -0.39 is 11.9 Å². The van der Waals surface area contributed by atoms with Crippen molar-refractivity contribution in [2.75, 3.05) is 0 Å². The third kappa shape index (κ3) is 4.17. The molecule has 5 heteroatoms. The highest BCUT2D eigenvalue weighted by atomic mass is 16.2. The SMILES string of the molecule is NC(=O)[C@@H](NC(=O)c1ccc(-c2ccccc2)cc1)[C@@H]1CCCC(=O)C1. The van der Waals surface area contributed by atoms with E-state index >= 15 is 0 Å². The van der Waals surface area contributed by atoms with Crippen LogP contribution in [0.2, 0.25) is 0 Å². The Morgan fingerprint density at radius 2 is 1.65 bits per heavy atom. The lowest BCUT2D eigenvalue weighted by molar-refractivity contribution is -0.124. The van der Waals surface area contributed by atoms with Crippen LogP contribution < -0.4 is 11.1 Å². The molecular weight excluding hydrogens is 328 g/mol. The maximum atomic E-state index is 12.5. The number of carbonyl (C=O) groups is 3. The molecule has 2 atom stereocenters. The topological polar surface area (TPSA) is 89.3 Å². The van der Waals surface area contributed by atoms with E-state index in [2.05, 4.69) is 5.32 Å². The van der Waals surface area contributed by atoms with Crippen molar-refractivity contribution in [3.05, 3.63) is 60.2 Å². The summed E-state index contributed by atoms with van der Waals surface area (Å²) in [5, 5.41) is 2.72. The van der Waals surface area contributed by atoms with Gasteiger partial charge in [-0.15, -0.1) is 0 Å². The lowest BCUT2D eigenvalue weighted by Gasteiger charge is -2.28. The van der Waals surface area contributed by atoms with Gasteiger partial charge < -0.3 is 11.1 Å². The first-order chi connectivity index (χ1) is 12.5. The largest absolute Gasteiger partial charge is 0.368 e. The van der Waals surface area contributed by atoms with Crippen LogP contribution in [0.4, 0.5) is 0 Å². The van der Waals surface area contributed by atoms with Gasteiger partial charge in [0.05, 0.1) is 0 Å². The minimum atomic E-state index is -0.819. The van der Waals surface area contributed by atoms with Gasteiger partial charge in [-0.2, -0.15) is 0 Å². The Morgan fingerprint density at radius 1 is 1.00 bits per heavy atom. The smallest absolute Gasteiger partial charge is 0.251 e. The Hall–Kier alpha value is -2.95. The fraction of sp³-hybridized carbons (Fsp3) is 0.286. The molecule has 1 fully saturated rings. The van der Waals surface area contributed by atoms with E-state index in [1.54, 1.807) is 12.1 Å². The molecule has 1 aliphatic rings. The highest BCUT2D eigenvalue weighted by Gasteiger charge is 2.32. The van der Waals surface area contributed by atoms with Crippen molar-refractivity contribution in [3.63, 3.8) is 0 Å². The van der Waals surface area contributed by atoms with Crippen LogP contribution in [0.25, 0.3) is 11.1 Å². The minimum Gasteiger partial charge on any atom is -0.368 e. The molecule has 134 valence electrons. The van der Waals surface area contributed by atoms with Crippen molar-refractivity contribution in [2.45, 2.75) is 31.7 Å². The summed E-state index contributed by atoms with van der Waals surface area (Å²) in [6.45, 7) is 0. The van der Waals surface area contributed by atoms with Crippen LogP contribution in [0.15, 0.2) is 54.6 Å². The highest BCUT2D eigenvalue weighted by Crippen LogP contribution is 2.25. The van der Waals surface area contributed by atoms with Crippen LogP contribution in [0.1, 0.15) is 36.0 Å². The molecule has 2 aromatic carbocycles. The molecule has 2 aromatic rings. The molecule has 0 aromatic heterocycles. The third-order valence-electron chi connectivity index (χ3n) is 4.84. The predicted octanol–water partition coefficient (Wildman–Crippen LogP) is 2.70. The fourth-order valence-electron chi connectivity index (χ4n) is 3.43. The molecule has 0 unspecified atom stereocenters. The van der Waals surface area contributed by atoms with Crippen molar-refractivity contribution in [1.29, 1.82) is 0 Å². The number of hydrogen-bond donors (Lipinski definition) is 2. The van der Waals surface area contributed by atoms with Crippen LogP contribution in [-0.4, -0.2) is 23.6 Å². The highest BCUT2D eigenvalue weighted by molar-refractivity contribution is 5.98. The summed E-state index contributed by atoms with van der Waals surface area (Å²) >= 11 is 0. The molecule has 0 spiro atoms. The number of rotatable bonds is 5. The molecule has 1 saturated carbocycles. The molecular formula is C21H22N2O3. The quantitative estimate of drug-likeness (QED) is 0.869. The second-order valence-electron chi connectivity index (χ2n) is 6.69. The summed E-state index contributed by atoms with van der Waals surface area (Å²) in [7, 11) is 0. The summed E-state index contributed by atoms with van der Waals surface area (Å²) in [6.07, 6.45) is 2.28. The summed E-state index contributed by atoms with van der Waals surface area (Å²) < 4.78 is 0. The number of hydrogen-bond acceptors (Lipinski definition) is 3. The van der Waals surface area contributed by atoms with Gasteiger partial charge in [0, 0.05) is 18.4 Å². The molecule has 0 saturated heterocycles. The summed E-state index contributed by atoms with van der Waals surface area (Å²) in [6, 6.07) is 16.2. The van der Waals surface area contributed by atoms with E-state index in [0.717, 1.165) is 17.5 Å². The average Bonchev–Trinajstić information content (AvgIpc) is 2.66. The Kier molecular flexibility index (Phi) is 5.46. The van der Waals surface area contributed by atoms with Crippen LogP contribution >= 0.6 is 0 Å². The van der Waals surface area contributed by atoms with Crippen LogP contribution in [0.3, 0.4) is 0 Å². The molecule has 26 heavy (non-hydrogen) atoms. The monoisotopic (exact) mass is 350 g/mol. The van der Waals surface area contributed by atoms with Gasteiger partial charge in [-0.1, -0.05) is 42.5 Å². The van der Waals surface area contributed by atoms with Gasteiger partial charge in [0.25, 0.3) is 5.91 Å². The van der Waals surface area contributed by atoms with Gasteiger partial charge >= 0.3 is 0 Å². The average molecular weight is 350 g/mol. The molecule has 3 N–H and O–H groups in total. The maximum Gasteiger partial charge on any atom is 0.251 e. The molecule has 0 radical (unpaired) electrons. The lowest BCUT2D eigenvalue weighted by atomic mass is 9.82. The fourth-order valence-corrected chi connectivity index (χ4v) is 3.43. The van der Waals surface area contributed by atoms with Crippen molar-refractivity contribution in [3.8, 4) is 11.1 Å². The lowest BCUT2D eigenvalue weighted by Crippen LogP contribution is -2.50. The van der Waals surface area contributed by atoms with Gasteiger partial charge in [0.2, 0.25) is 5.91 Å². The van der Waals surface area contributed by atoms with Gasteiger partial charge in [-0.25, -0.2) is 0 Å². The Labute approximate surface area is 152 Å². The van der Waals surface area contributed by atoms with Crippen LogP contribution in [0, 0.1) is 5.92 Å². The van der Waals surface area contributed by atoms with Crippen LogP contribution in [-0.2, 0) is 9.59 Å². The van der Waals surface area contributed by atoms with E-state index in [1.807, 2.05) is 42.5 Å². The van der Waals surface area contributed by atoms with E-state index in [0.29, 0.717) is 24.8 Å². The van der Waals surface area contributed by atoms with Gasteiger partial charge in [-0.3, -0.25) is 14.4 Å². The standard InChI is InChI=1S/C21H22N2O3/c22-20(25)19(17-7-4-8-18(24)13-17)23-21(26)16-11-9-15(10-12-16)14-5-2-1-3-6-14/h1-3,5-6,9-12,17,19H,4,7-8,13H2,(H2,22,25)(H,23,26)/t17-,19+/m1/s1. The molecule has 0 aliphatic heterocycles. The first-order valence-corrected chi connectivity index (χ1v) is 8.82. The molecule has 5 nitrogen and oxygen atoms in total. The van der Waals surface area contributed by atoms with E-state index in [1.165, 1.54) is 0 Å². The number of primary amides is 1. The Balaban J connectivity index is 1.71. The first kappa shape index (κ1) is 17.9. The molecule has 3 rings (SSSR count). The zero-order valence-electron chi connectivity index (χ0n) is 14.5. The minimum absolute atomic E-state index is 0.119. The number of ketones is 1. The molecule has 2 amide bonds. The van der Waals surface area contributed by atoms with E-state index in [-0.39, 0.29) is 17.6 Å². The maximum absolute atomic E-state index is 12.5. The van der Waals surface area contributed by atoms with E-state index in [4.69, 9.17) is 5.73 Å². The Bertz CT molecular complexity index is 800. The number of Topliss-reactive ketones (excluding diaryl/α,β-unsaturated/α-hetero) is 1. The molecule has 1 aliphatic carbocycles.